The zero-order chi connectivity index (χ0) is 9.10. The van der Waals surface area contributed by atoms with Crippen molar-refractivity contribution in [3.05, 3.63) is 29.8 Å². The first-order valence-corrected chi connectivity index (χ1v) is 4.77. The van der Waals surface area contributed by atoms with Gasteiger partial charge >= 0.3 is 0 Å². The largest absolute Gasteiger partial charge is 0.492 e. The van der Waals surface area contributed by atoms with Crippen LogP contribution >= 0.6 is 0 Å². The quantitative estimate of drug-likeness (QED) is 0.759. The predicted molar refractivity (Wildman–Crippen MR) is 53.1 cm³/mol. The molecular formula is C11H15NO. The fourth-order valence-corrected chi connectivity index (χ4v) is 1.39. The second-order valence-corrected chi connectivity index (χ2v) is 3.57. The van der Waals surface area contributed by atoms with Crippen LogP contribution in [0, 0.1) is 6.92 Å². The summed E-state index contributed by atoms with van der Waals surface area (Å²) in [7, 11) is 0. The minimum absolute atomic E-state index is 0.570. The van der Waals surface area contributed by atoms with E-state index in [9.17, 15) is 0 Å². The summed E-state index contributed by atoms with van der Waals surface area (Å²) in [5.41, 5.74) is 1.25. The molecule has 13 heavy (non-hydrogen) atoms. The number of aryl methyl sites for hydroxylation is 1. The normalized spacial score (nSPS) is 20.8. The van der Waals surface area contributed by atoms with Gasteiger partial charge in [0.1, 0.15) is 12.4 Å². The van der Waals surface area contributed by atoms with E-state index in [0.717, 1.165) is 18.9 Å². The van der Waals surface area contributed by atoms with Crippen molar-refractivity contribution in [2.24, 2.45) is 0 Å². The molecule has 2 rings (SSSR count). The van der Waals surface area contributed by atoms with E-state index in [1.54, 1.807) is 0 Å². The second kappa shape index (κ2) is 3.79. The monoisotopic (exact) mass is 177 g/mol. The molecule has 0 bridgehead atoms. The number of ether oxygens (including phenoxy) is 1. The van der Waals surface area contributed by atoms with E-state index in [1.165, 1.54) is 12.0 Å². The lowest BCUT2D eigenvalue weighted by Gasteiger charge is -2.27. The Hall–Kier alpha value is -1.02. The summed E-state index contributed by atoms with van der Waals surface area (Å²) < 4.78 is 5.63. The molecule has 0 aromatic heterocycles. The lowest BCUT2D eigenvalue weighted by atomic mass is 10.1. The Bertz CT molecular complexity index is 281. The number of benzene rings is 1. The Kier molecular flexibility index (Phi) is 2.50. The van der Waals surface area contributed by atoms with E-state index in [-0.39, 0.29) is 0 Å². The van der Waals surface area contributed by atoms with Gasteiger partial charge in [-0.15, -0.1) is 0 Å². The molecule has 0 spiro atoms. The van der Waals surface area contributed by atoms with Crippen molar-refractivity contribution in [3.8, 4) is 5.75 Å². The van der Waals surface area contributed by atoms with Gasteiger partial charge in [0.2, 0.25) is 0 Å². The van der Waals surface area contributed by atoms with E-state index < -0.39 is 0 Å². The predicted octanol–water partition coefficient (Wildman–Crippen LogP) is 1.74. The highest BCUT2D eigenvalue weighted by Crippen LogP contribution is 2.13. The van der Waals surface area contributed by atoms with E-state index in [2.05, 4.69) is 24.4 Å². The number of hydrogen-bond acceptors (Lipinski definition) is 2. The van der Waals surface area contributed by atoms with Gasteiger partial charge in [-0.05, 0) is 37.6 Å². The molecule has 1 fully saturated rings. The van der Waals surface area contributed by atoms with Gasteiger partial charge < -0.3 is 10.1 Å². The van der Waals surface area contributed by atoms with Crippen LogP contribution in [0.25, 0.3) is 0 Å². The molecule has 70 valence electrons. The molecule has 1 aliphatic heterocycles. The molecule has 0 amide bonds. The highest BCUT2D eigenvalue weighted by molar-refractivity contribution is 5.27. The zero-order valence-electron chi connectivity index (χ0n) is 7.92. The fraction of sp³-hybridized carbons (Fsp3) is 0.455. The van der Waals surface area contributed by atoms with Gasteiger partial charge in [0, 0.05) is 6.04 Å². The summed E-state index contributed by atoms with van der Waals surface area (Å²) in [6.45, 7) is 4.01. The third-order valence-corrected chi connectivity index (χ3v) is 2.37. The first-order chi connectivity index (χ1) is 6.34. The number of hydrogen-bond donors (Lipinski definition) is 1. The van der Waals surface area contributed by atoms with Crippen molar-refractivity contribution < 1.29 is 4.74 Å². The highest BCUT2D eigenvalue weighted by Gasteiger charge is 2.16. The minimum Gasteiger partial charge on any atom is -0.492 e. The Morgan fingerprint density at radius 3 is 3.00 bits per heavy atom. The van der Waals surface area contributed by atoms with Gasteiger partial charge in [-0.3, -0.25) is 0 Å². The van der Waals surface area contributed by atoms with Crippen LogP contribution in [-0.2, 0) is 0 Å². The third kappa shape index (κ3) is 2.22. The molecule has 1 aliphatic rings. The van der Waals surface area contributed by atoms with Crippen LogP contribution in [0.15, 0.2) is 24.3 Å². The molecule has 2 heteroatoms. The lowest BCUT2D eigenvalue weighted by Crippen LogP contribution is -2.46. The smallest absolute Gasteiger partial charge is 0.119 e. The van der Waals surface area contributed by atoms with Crippen molar-refractivity contribution in [2.45, 2.75) is 19.4 Å². The lowest BCUT2D eigenvalue weighted by molar-refractivity contribution is 0.217. The maximum absolute atomic E-state index is 5.63. The maximum Gasteiger partial charge on any atom is 0.119 e. The molecule has 1 N–H and O–H groups in total. The average Bonchev–Trinajstić information content (AvgIpc) is 2.01. The van der Waals surface area contributed by atoms with Crippen molar-refractivity contribution in [1.82, 2.24) is 5.32 Å². The number of rotatable bonds is 3. The van der Waals surface area contributed by atoms with Crippen LogP contribution in [-0.4, -0.2) is 19.2 Å². The summed E-state index contributed by atoms with van der Waals surface area (Å²) in [6, 6.07) is 8.75. The summed E-state index contributed by atoms with van der Waals surface area (Å²) in [5.74, 6) is 0.980. The van der Waals surface area contributed by atoms with Crippen molar-refractivity contribution in [1.29, 1.82) is 0 Å². The molecule has 1 atom stereocenters. The van der Waals surface area contributed by atoms with Gasteiger partial charge in [0.25, 0.3) is 0 Å². The van der Waals surface area contributed by atoms with Crippen molar-refractivity contribution in [3.63, 3.8) is 0 Å². The summed E-state index contributed by atoms with van der Waals surface area (Å²) in [6.07, 6.45) is 1.24. The maximum atomic E-state index is 5.63. The van der Waals surface area contributed by atoms with Crippen LogP contribution in [0.5, 0.6) is 5.75 Å². The molecule has 1 unspecified atom stereocenters. The summed E-state index contributed by atoms with van der Waals surface area (Å²) >= 11 is 0. The number of nitrogens with one attached hydrogen (secondary N) is 1. The van der Waals surface area contributed by atoms with Gasteiger partial charge in [0.15, 0.2) is 0 Å². The second-order valence-electron chi connectivity index (χ2n) is 3.57. The minimum atomic E-state index is 0.570. The van der Waals surface area contributed by atoms with E-state index >= 15 is 0 Å². The van der Waals surface area contributed by atoms with E-state index in [1.807, 2.05) is 12.1 Å². The van der Waals surface area contributed by atoms with Crippen molar-refractivity contribution in [2.75, 3.05) is 13.2 Å². The molecule has 1 aromatic rings. The molecule has 2 nitrogen and oxygen atoms in total. The molecule has 0 saturated carbocycles. The molecule has 0 radical (unpaired) electrons. The fourth-order valence-electron chi connectivity index (χ4n) is 1.39. The first kappa shape index (κ1) is 8.57. The van der Waals surface area contributed by atoms with E-state index in [0.29, 0.717) is 6.04 Å². The van der Waals surface area contributed by atoms with Crippen LogP contribution in [0.2, 0.25) is 0 Å². The summed E-state index contributed by atoms with van der Waals surface area (Å²) in [5, 5.41) is 3.31. The topological polar surface area (TPSA) is 21.3 Å². The first-order valence-electron chi connectivity index (χ1n) is 4.77. The molecule has 1 saturated heterocycles. The van der Waals surface area contributed by atoms with E-state index in [4.69, 9.17) is 4.74 Å². The third-order valence-electron chi connectivity index (χ3n) is 2.37. The molecule has 1 aromatic carbocycles. The Labute approximate surface area is 78.9 Å². The van der Waals surface area contributed by atoms with Crippen molar-refractivity contribution >= 4 is 0 Å². The highest BCUT2D eigenvalue weighted by atomic mass is 16.5. The molecule has 0 aliphatic carbocycles. The van der Waals surface area contributed by atoms with Gasteiger partial charge in [-0.25, -0.2) is 0 Å². The van der Waals surface area contributed by atoms with Gasteiger partial charge in [0.05, 0.1) is 0 Å². The van der Waals surface area contributed by atoms with Gasteiger partial charge in [-0.1, -0.05) is 12.1 Å². The average molecular weight is 177 g/mol. The molecular weight excluding hydrogens is 162 g/mol. The van der Waals surface area contributed by atoms with Crippen LogP contribution in [0.4, 0.5) is 0 Å². The zero-order valence-corrected chi connectivity index (χ0v) is 7.92. The standard InChI is InChI=1S/C11H15NO/c1-9-3-2-4-11(7-9)13-8-10-5-6-12-10/h2-4,7,10,12H,5-6,8H2,1H3. The van der Waals surface area contributed by atoms with Gasteiger partial charge in [-0.2, -0.15) is 0 Å². The summed E-state index contributed by atoms with van der Waals surface area (Å²) in [4.78, 5) is 0. The Morgan fingerprint density at radius 1 is 1.54 bits per heavy atom. The Balaban J connectivity index is 1.86. The van der Waals surface area contributed by atoms with Crippen LogP contribution < -0.4 is 10.1 Å². The van der Waals surface area contributed by atoms with Crippen LogP contribution in [0.3, 0.4) is 0 Å². The molecule has 1 heterocycles. The SMILES string of the molecule is Cc1cccc(OCC2CCN2)c1. The van der Waals surface area contributed by atoms with Crippen LogP contribution in [0.1, 0.15) is 12.0 Å². The Morgan fingerprint density at radius 2 is 2.38 bits per heavy atom.